The van der Waals surface area contributed by atoms with Crippen LogP contribution in [0.2, 0.25) is 0 Å². The van der Waals surface area contributed by atoms with Crippen LogP contribution in [0.25, 0.3) is 11.3 Å². The van der Waals surface area contributed by atoms with Crippen molar-refractivity contribution in [1.29, 1.82) is 0 Å². The monoisotopic (exact) mass is 341 g/mol. The van der Waals surface area contributed by atoms with Crippen LogP contribution in [0.1, 0.15) is 11.3 Å². The molecule has 4 nitrogen and oxygen atoms in total. The minimum atomic E-state index is -0.688. The van der Waals surface area contributed by atoms with Gasteiger partial charge in [-0.25, -0.2) is 8.78 Å². The highest BCUT2D eigenvalue weighted by atomic mass is 19.1. The van der Waals surface area contributed by atoms with Crippen molar-refractivity contribution < 1.29 is 13.6 Å². The largest absolute Gasteiger partial charge is 0.340 e. The Morgan fingerprint density at radius 3 is 2.44 bits per heavy atom. The topological polar surface area (TPSA) is 49.0 Å². The number of hydrogen-bond acceptors (Lipinski definition) is 2. The fraction of sp³-hybridized carbons (Fsp3) is 0.158. The standard InChI is InChI=1S/C19H17F2N3O/c1-24(19(25)9-13-7-15(20)10-16(21)8-13)12-17-11-18(23-22-17)14-5-3-2-4-6-14/h2-8,10-11H,9,12H2,1H3,(H,22,23). The van der Waals surface area contributed by atoms with E-state index < -0.39 is 11.6 Å². The van der Waals surface area contributed by atoms with Crippen molar-refractivity contribution in [3.05, 3.63) is 77.5 Å². The zero-order chi connectivity index (χ0) is 17.8. The van der Waals surface area contributed by atoms with Crippen molar-refractivity contribution in [2.75, 3.05) is 7.05 Å². The molecule has 0 aliphatic carbocycles. The maximum atomic E-state index is 13.2. The van der Waals surface area contributed by atoms with Gasteiger partial charge in [-0.1, -0.05) is 30.3 Å². The average molecular weight is 341 g/mol. The summed E-state index contributed by atoms with van der Waals surface area (Å²) in [7, 11) is 1.64. The lowest BCUT2D eigenvalue weighted by molar-refractivity contribution is -0.129. The molecule has 3 aromatic rings. The summed E-state index contributed by atoms with van der Waals surface area (Å²) in [5, 5.41) is 7.15. The molecule has 3 rings (SSSR count). The second-order valence-electron chi connectivity index (χ2n) is 5.85. The van der Waals surface area contributed by atoms with Gasteiger partial charge in [0.15, 0.2) is 0 Å². The van der Waals surface area contributed by atoms with Gasteiger partial charge < -0.3 is 4.90 Å². The van der Waals surface area contributed by atoms with Gasteiger partial charge in [0, 0.05) is 18.7 Å². The van der Waals surface area contributed by atoms with Gasteiger partial charge in [-0.2, -0.15) is 5.10 Å². The molecule has 0 fully saturated rings. The summed E-state index contributed by atoms with van der Waals surface area (Å²) in [6.45, 7) is 0.330. The van der Waals surface area contributed by atoms with Crippen molar-refractivity contribution in [1.82, 2.24) is 15.1 Å². The first-order valence-corrected chi connectivity index (χ1v) is 7.80. The van der Waals surface area contributed by atoms with E-state index in [1.165, 1.54) is 17.0 Å². The Hall–Kier alpha value is -3.02. The van der Waals surface area contributed by atoms with E-state index in [9.17, 15) is 13.6 Å². The van der Waals surface area contributed by atoms with E-state index in [-0.39, 0.29) is 12.3 Å². The van der Waals surface area contributed by atoms with E-state index in [1.54, 1.807) is 7.05 Å². The molecule has 0 aliphatic rings. The lowest BCUT2D eigenvalue weighted by atomic mass is 10.1. The van der Waals surface area contributed by atoms with Gasteiger partial charge in [0.25, 0.3) is 0 Å². The Labute approximate surface area is 144 Å². The molecule has 0 radical (unpaired) electrons. The highest BCUT2D eigenvalue weighted by molar-refractivity contribution is 5.78. The van der Waals surface area contributed by atoms with E-state index >= 15 is 0 Å². The summed E-state index contributed by atoms with van der Waals surface area (Å²) in [5.41, 5.74) is 2.86. The van der Waals surface area contributed by atoms with Crippen LogP contribution in [0.4, 0.5) is 8.78 Å². The zero-order valence-corrected chi connectivity index (χ0v) is 13.7. The lowest BCUT2D eigenvalue weighted by Gasteiger charge is -2.16. The summed E-state index contributed by atoms with van der Waals surface area (Å²) in [6.07, 6.45) is -0.0646. The number of carbonyl (C=O) groups excluding carboxylic acids is 1. The predicted molar refractivity (Wildman–Crippen MR) is 90.6 cm³/mol. The minimum Gasteiger partial charge on any atom is -0.340 e. The molecule has 1 heterocycles. The maximum Gasteiger partial charge on any atom is 0.227 e. The highest BCUT2D eigenvalue weighted by Gasteiger charge is 2.13. The lowest BCUT2D eigenvalue weighted by Crippen LogP contribution is -2.28. The fourth-order valence-corrected chi connectivity index (χ4v) is 2.57. The smallest absolute Gasteiger partial charge is 0.227 e. The number of likely N-dealkylation sites (N-methyl/N-ethyl adjacent to an activating group) is 1. The molecule has 0 spiro atoms. The van der Waals surface area contributed by atoms with Gasteiger partial charge in [0.1, 0.15) is 11.6 Å². The molecule has 128 valence electrons. The molecule has 0 atom stereocenters. The Balaban J connectivity index is 1.64. The van der Waals surface area contributed by atoms with Crippen LogP contribution in [-0.2, 0) is 17.8 Å². The van der Waals surface area contributed by atoms with Crippen LogP contribution >= 0.6 is 0 Å². The molecule has 1 aromatic heterocycles. The summed E-state index contributed by atoms with van der Waals surface area (Å²) in [6, 6.07) is 14.7. The van der Waals surface area contributed by atoms with Gasteiger partial charge in [-0.3, -0.25) is 9.89 Å². The molecule has 0 unspecified atom stereocenters. The number of nitrogens with zero attached hydrogens (tertiary/aromatic N) is 2. The average Bonchev–Trinajstić information content (AvgIpc) is 3.03. The summed E-state index contributed by atoms with van der Waals surface area (Å²) >= 11 is 0. The molecular formula is C19H17F2N3O. The van der Waals surface area contributed by atoms with E-state index in [2.05, 4.69) is 10.2 Å². The third-order valence-electron chi connectivity index (χ3n) is 3.81. The Morgan fingerprint density at radius 2 is 1.76 bits per heavy atom. The number of rotatable bonds is 5. The van der Waals surface area contributed by atoms with Crippen molar-refractivity contribution in [3.8, 4) is 11.3 Å². The van der Waals surface area contributed by atoms with Crippen LogP contribution in [0.5, 0.6) is 0 Å². The van der Waals surface area contributed by atoms with Crippen molar-refractivity contribution >= 4 is 5.91 Å². The molecule has 0 aliphatic heterocycles. The molecular weight excluding hydrogens is 324 g/mol. The van der Waals surface area contributed by atoms with Crippen LogP contribution < -0.4 is 0 Å². The second-order valence-corrected chi connectivity index (χ2v) is 5.85. The Bertz CT molecular complexity index is 857. The summed E-state index contributed by atoms with van der Waals surface area (Å²) < 4.78 is 26.4. The van der Waals surface area contributed by atoms with Crippen LogP contribution in [-0.4, -0.2) is 28.1 Å². The Kier molecular flexibility index (Phi) is 4.88. The molecule has 1 amide bonds. The second kappa shape index (κ2) is 7.25. The molecule has 0 saturated heterocycles. The fourth-order valence-electron chi connectivity index (χ4n) is 2.57. The van der Waals surface area contributed by atoms with Gasteiger partial charge in [-0.15, -0.1) is 0 Å². The number of aromatic amines is 1. The van der Waals surface area contributed by atoms with Gasteiger partial charge in [0.05, 0.1) is 24.4 Å². The maximum absolute atomic E-state index is 13.2. The number of halogens is 2. The SMILES string of the molecule is CN(Cc1cc(-c2ccccc2)n[nH]1)C(=O)Cc1cc(F)cc(F)c1. The van der Waals surface area contributed by atoms with E-state index in [1.807, 2.05) is 36.4 Å². The van der Waals surface area contributed by atoms with E-state index in [4.69, 9.17) is 0 Å². The van der Waals surface area contributed by atoms with Gasteiger partial charge in [0.2, 0.25) is 5.91 Å². The number of aromatic nitrogens is 2. The third kappa shape index (κ3) is 4.29. The highest BCUT2D eigenvalue weighted by Crippen LogP contribution is 2.17. The number of carbonyl (C=O) groups is 1. The normalized spacial score (nSPS) is 10.7. The molecule has 0 saturated carbocycles. The van der Waals surface area contributed by atoms with Crippen LogP contribution in [0, 0.1) is 11.6 Å². The first-order valence-electron chi connectivity index (χ1n) is 7.80. The summed E-state index contributed by atoms with van der Waals surface area (Å²) in [5.74, 6) is -1.61. The van der Waals surface area contributed by atoms with Crippen LogP contribution in [0.15, 0.2) is 54.6 Å². The zero-order valence-electron chi connectivity index (χ0n) is 13.7. The quantitative estimate of drug-likeness (QED) is 0.771. The number of nitrogens with one attached hydrogen (secondary N) is 1. The third-order valence-corrected chi connectivity index (χ3v) is 3.81. The van der Waals surface area contributed by atoms with Crippen molar-refractivity contribution in [2.24, 2.45) is 0 Å². The van der Waals surface area contributed by atoms with Crippen LogP contribution in [0.3, 0.4) is 0 Å². The van der Waals surface area contributed by atoms with Crippen molar-refractivity contribution in [2.45, 2.75) is 13.0 Å². The molecule has 6 heteroatoms. The van der Waals surface area contributed by atoms with Gasteiger partial charge >= 0.3 is 0 Å². The number of amides is 1. The first kappa shape index (κ1) is 16.8. The first-order chi connectivity index (χ1) is 12.0. The molecule has 2 aromatic carbocycles. The number of H-pyrrole nitrogens is 1. The predicted octanol–water partition coefficient (Wildman–Crippen LogP) is 3.56. The minimum absolute atomic E-state index is 0.0646. The Morgan fingerprint density at radius 1 is 1.08 bits per heavy atom. The van der Waals surface area contributed by atoms with E-state index in [0.29, 0.717) is 12.1 Å². The van der Waals surface area contributed by atoms with E-state index in [0.717, 1.165) is 23.0 Å². The number of hydrogen-bond donors (Lipinski definition) is 1. The van der Waals surface area contributed by atoms with Gasteiger partial charge in [-0.05, 0) is 23.8 Å². The van der Waals surface area contributed by atoms with Crippen molar-refractivity contribution in [3.63, 3.8) is 0 Å². The number of benzene rings is 2. The molecule has 0 bridgehead atoms. The molecule has 25 heavy (non-hydrogen) atoms. The summed E-state index contributed by atoms with van der Waals surface area (Å²) in [4.78, 5) is 13.8. The molecule has 1 N–H and O–H groups in total.